The Bertz CT molecular complexity index is 523. The second-order valence-corrected chi connectivity index (χ2v) is 5.60. The highest BCUT2D eigenvalue weighted by Gasteiger charge is 2.40. The molecular formula is C16H21NO4. The van der Waals surface area contributed by atoms with E-state index in [4.69, 9.17) is 9.84 Å². The molecule has 5 heteroatoms. The molecule has 1 aromatic carbocycles. The molecule has 114 valence electrons. The summed E-state index contributed by atoms with van der Waals surface area (Å²) in [5.41, 5.74) is 0.516. The van der Waals surface area contributed by atoms with Crippen LogP contribution in [0.1, 0.15) is 37.7 Å². The molecule has 0 unspecified atom stereocenters. The van der Waals surface area contributed by atoms with Crippen LogP contribution in [0.3, 0.4) is 0 Å². The number of carboxylic acid groups (broad SMARTS) is 1. The molecule has 5 nitrogen and oxygen atoms in total. The molecule has 2 N–H and O–H groups in total. The van der Waals surface area contributed by atoms with E-state index in [-0.39, 0.29) is 12.3 Å². The first-order chi connectivity index (χ1) is 10.0. The summed E-state index contributed by atoms with van der Waals surface area (Å²) in [5, 5.41) is 11.8. The van der Waals surface area contributed by atoms with E-state index in [1.54, 1.807) is 7.11 Å². The Morgan fingerprint density at radius 3 is 2.71 bits per heavy atom. The molecule has 2 rings (SSSR count). The molecule has 1 amide bonds. The van der Waals surface area contributed by atoms with E-state index in [0.29, 0.717) is 12.8 Å². The van der Waals surface area contributed by atoms with Crippen LogP contribution in [0, 0.1) is 0 Å². The average Bonchev–Trinajstić information content (AvgIpc) is 2.42. The SMILES string of the molecule is COc1cccc(CCC(=O)NC2(CC(=O)O)CCC2)c1. The zero-order chi connectivity index (χ0) is 15.3. The van der Waals surface area contributed by atoms with Crippen molar-refractivity contribution >= 4 is 11.9 Å². The Kier molecular flexibility index (Phi) is 4.83. The topological polar surface area (TPSA) is 75.6 Å². The van der Waals surface area contributed by atoms with E-state index in [0.717, 1.165) is 30.6 Å². The zero-order valence-corrected chi connectivity index (χ0v) is 12.2. The molecule has 0 aromatic heterocycles. The van der Waals surface area contributed by atoms with Gasteiger partial charge >= 0.3 is 5.97 Å². The van der Waals surface area contributed by atoms with Gasteiger partial charge in [0, 0.05) is 6.42 Å². The minimum Gasteiger partial charge on any atom is -0.497 e. The van der Waals surface area contributed by atoms with Gasteiger partial charge in [-0.15, -0.1) is 0 Å². The van der Waals surface area contributed by atoms with Crippen LogP contribution >= 0.6 is 0 Å². The number of hydrogen-bond donors (Lipinski definition) is 2. The van der Waals surface area contributed by atoms with Crippen molar-refractivity contribution in [2.75, 3.05) is 7.11 Å². The summed E-state index contributed by atoms with van der Waals surface area (Å²) < 4.78 is 5.15. The summed E-state index contributed by atoms with van der Waals surface area (Å²) in [6, 6.07) is 7.61. The van der Waals surface area contributed by atoms with Crippen LogP contribution < -0.4 is 10.1 Å². The van der Waals surface area contributed by atoms with Crippen molar-refractivity contribution in [3.8, 4) is 5.75 Å². The van der Waals surface area contributed by atoms with Gasteiger partial charge in [0.2, 0.25) is 5.91 Å². The second kappa shape index (κ2) is 6.61. The largest absolute Gasteiger partial charge is 0.497 e. The number of aliphatic carboxylic acids is 1. The average molecular weight is 291 g/mol. The van der Waals surface area contributed by atoms with Crippen molar-refractivity contribution < 1.29 is 19.4 Å². The van der Waals surface area contributed by atoms with Crippen LogP contribution in [0.15, 0.2) is 24.3 Å². The number of carbonyl (C=O) groups excluding carboxylic acids is 1. The summed E-state index contributed by atoms with van der Waals surface area (Å²) in [4.78, 5) is 22.9. The first-order valence-electron chi connectivity index (χ1n) is 7.19. The van der Waals surface area contributed by atoms with E-state index in [2.05, 4.69) is 5.32 Å². The molecular weight excluding hydrogens is 270 g/mol. The third-order valence-electron chi connectivity index (χ3n) is 3.98. The van der Waals surface area contributed by atoms with Crippen LogP contribution in [-0.2, 0) is 16.0 Å². The van der Waals surface area contributed by atoms with Gasteiger partial charge in [0.1, 0.15) is 5.75 Å². The van der Waals surface area contributed by atoms with Crippen molar-refractivity contribution in [2.24, 2.45) is 0 Å². The van der Waals surface area contributed by atoms with Crippen molar-refractivity contribution in [3.05, 3.63) is 29.8 Å². The standard InChI is InChI=1S/C16H21NO4/c1-21-13-5-2-4-12(10-13)6-7-14(18)17-16(8-3-9-16)11-15(19)20/h2,4-5,10H,3,6-9,11H2,1H3,(H,17,18)(H,19,20). The van der Waals surface area contributed by atoms with Crippen molar-refractivity contribution in [1.29, 1.82) is 0 Å². The Labute approximate surface area is 124 Å². The van der Waals surface area contributed by atoms with Gasteiger partial charge in [-0.25, -0.2) is 0 Å². The summed E-state index contributed by atoms with van der Waals surface area (Å²) in [7, 11) is 1.61. The number of aryl methyl sites for hydroxylation is 1. The van der Waals surface area contributed by atoms with E-state index >= 15 is 0 Å². The number of rotatable bonds is 7. The quantitative estimate of drug-likeness (QED) is 0.807. The van der Waals surface area contributed by atoms with Crippen LogP contribution in [0.4, 0.5) is 0 Å². The van der Waals surface area contributed by atoms with E-state index in [9.17, 15) is 9.59 Å². The first-order valence-corrected chi connectivity index (χ1v) is 7.19. The third-order valence-corrected chi connectivity index (χ3v) is 3.98. The number of carbonyl (C=O) groups is 2. The van der Waals surface area contributed by atoms with Gasteiger partial charge in [-0.05, 0) is 43.4 Å². The van der Waals surface area contributed by atoms with Crippen LogP contribution in [0.25, 0.3) is 0 Å². The molecule has 0 atom stereocenters. The second-order valence-electron chi connectivity index (χ2n) is 5.60. The maximum Gasteiger partial charge on any atom is 0.305 e. The molecule has 1 aliphatic carbocycles. The molecule has 1 aromatic rings. The van der Waals surface area contributed by atoms with Crippen LogP contribution in [0.2, 0.25) is 0 Å². The lowest BCUT2D eigenvalue weighted by Crippen LogP contribution is -2.54. The Morgan fingerprint density at radius 2 is 2.14 bits per heavy atom. The molecule has 0 aliphatic heterocycles. The van der Waals surface area contributed by atoms with Gasteiger partial charge in [-0.3, -0.25) is 9.59 Å². The van der Waals surface area contributed by atoms with Crippen molar-refractivity contribution in [2.45, 2.75) is 44.1 Å². The first kappa shape index (κ1) is 15.4. The van der Waals surface area contributed by atoms with Gasteiger partial charge in [-0.2, -0.15) is 0 Å². The smallest absolute Gasteiger partial charge is 0.305 e. The summed E-state index contributed by atoms with van der Waals surface area (Å²) >= 11 is 0. The Morgan fingerprint density at radius 1 is 1.38 bits per heavy atom. The lowest BCUT2D eigenvalue weighted by molar-refractivity contribution is -0.140. The van der Waals surface area contributed by atoms with Crippen molar-refractivity contribution in [3.63, 3.8) is 0 Å². The summed E-state index contributed by atoms with van der Waals surface area (Å²) in [6.45, 7) is 0. The van der Waals surface area contributed by atoms with Crippen molar-refractivity contribution in [1.82, 2.24) is 5.32 Å². The Balaban J connectivity index is 1.85. The molecule has 0 bridgehead atoms. The lowest BCUT2D eigenvalue weighted by Gasteiger charge is -2.41. The van der Waals surface area contributed by atoms with Gasteiger partial charge in [0.15, 0.2) is 0 Å². The monoisotopic (exact) mass is 291 g/mol. The molecule has 21 heavy (non-hydrogen) atoms. The predicted molar refractivity (Wildman–Crippen MR) is 78.3 cm³/mol. The highest BCUT2D eigenvalue weighted by molar-refractivity contribution is 5.78. The summed E-state index contributed by atoms with van der Waals surface area (Å²) in [6.07, 6.45) is 3.47. The van der Waals surface area contributed by atoms with E-state index in [1.165, 1.54) is 0 Å². The van der Waals surface area contributed by atoms with Gasteiger partial charge in [0.25, 0.3) is 0 Å². The fraction of sp³-hybridized carbons (Fsp3) is 0.500. The number of benzene rings is 1. The van der Waals surface area contributed by atoms with Gasteiger partial charge in [-0.1, -0.05) is 12.1 Å². The molecule has 0 radical (unpaired) electrons. The number of methoxy groups -OCH3 is 1. The predicted octanol–water partition coefficient (Wildman–Crippen LogP) is 2.14. The molecule has 1 aliphatic rings. The number of ether oxygens (including phenoxy) is 1. The molecule has 1 fully saturated rings. The maximum absolute atomic E-state index is 12.0. The van der Waals surface area contributed by atoms with Gasteiger partial charge < -0.3 is 15.2 Å². The fourth-order valence-corrected chi connectivity index (χ4v) is 2.68. The summed E-state index contributed by atoms with van der Waals surface area (Å²) in [5.74, 6) is -0.171. The van der Waals surface area contributed by atoms with Crippen LogP contribution in [0.5, 0.6) is 5.75 Å². The zero-order valence-electron chi connectivity index (χ0n) is 12.2. The maximum atomic E-state index is 12.0. The lowest BCUT2D eigenvalue weighted by atomic mass is 9.74. The van der Waals surface area contributed by atoms with E-state index < -0.39 is 11.5 Å². The molecule has 0 saturated heterocycles. The highest BCUT2D eigenvalue weighted by atomic mass is 16.5. The number of carboxylic acids is 1. The third kappa shape index (κ3) is 4.21. The van der Waals surface area contributed by atoms with E-state index in [1.807, 2.05) is 24.3 Å². The molecule has 1 saturated carbocycles. The Hall–Kier alpha value is -2.04. The number of amides is 1. The number of hydrogen-bond acceptors (Lipinski definition) is 3. The fourth-order valence-electron chi connectivity index (χ4n) is 2.68. The normalized spacial score (nSPS) is 15.9. The van der Waals surface area contributed by atoms with Gasteiger partial charge in [0.05, 0.1) is 19.1 Å². The van der Waals surface area contributed by atoms with Crippen LogP contribution in [-0.4, -0.2) is 29.6 Å². The number of nitrogens with one attached hydrogen (secondary N) is 1. The highest BCUT2D eigenvalue weighted by Crippen LogP contribution is 2.35. The minimum atomic E-state index is -0.859. The molecule has 0 heterocycles. The molecule has 0 spiro atoms. The minimum absolute atomic E-state index is 0.0118.